The average molecular weight is 315 g/mol. The van der Waals surface area contributed by atoms with Gasteiger partial charge < -0.3 is 14.5 Å². The number of hydrogen-bond acceptors (Lipinski definition) is 3. The highest BCUT2D eigenvalue weighted by Crippen LogP contribution is 2.16. The van der Waals surface area contributed by atoms with Crippen LogP contribution in [-0.2, 0) is 6.54 Å². The van der Waals surface area contributed by atoms with Crippen molar-refractivity contribution in [3.05, 3.63) is 44.5 Å². The van der Waals surface area contributed by atoms with Gasteiger partial charge in [-0.25, -0.2) is 0 Å². The molecule has 0 aliphatic carbocycles. The minimum Gasteiger partial charge on any atom is -0.339 e. The van der Waals surface area contributed by atoms with E-state index in [9.17, 15) is 14.4 Å². The van der Waals surface area contributed by atoms with Crippen LogP contribution >= 0.6 is 0 Å². The Bertz CT molecular complexity index is 842. The maximum atomic E-state index is 12.7. The lowest BCUT2D eigenvalue weighted by Crippen LogP contribution is -2.36. The standard InChI is InChI=1S/C17H21N3O3/c1-2-20-14-8-7-12(11-13(14)18-15(21)17(20)23)16(22)19-9-5-3-4-6-10-19/h7-8,11H,2-6,9-10H2,1H3,(H,18,21). The number of rotatable bonds is 2. The molecule has 1 aromatic heterocycles. The second kappa shape index (κ2) is 6.40. The first-order valence-corrected chi connectivity index (χ1v) is 8.18. The number of aromatic amines is 1. The van der Waals surface area contributed by atoms with Crippen LogP contribution in [0.15, 0.2) is 27.8 Å². The molecule has 3 rings (SSSR count). The Hall–Kier alpha value is -2.37. The fraction of sp³-hybridized carbons (Fsp3) is 0.471. The average Bonchev–Trinajstić information content (AvgIpc) is 2.84. The van der Waals surface area contributed by atoms with Crippen molar-refractivity contribution in [1.82, 2.24) is 14.5 Å². The van der Waals surface area contributed by atoms with E-state index in [4.69, 9.17) is 0 Å². The first-order chi connectivity index (χ1) is 11.1. The largest absolute Gasteiger partial charge is 0.339 e. The number of nitrogens with one attached hydrogen (secondary N) is 1. The molecule has 6 nitrogen and oxygen atoms in total. The van der Waals surface area contributed by atoms with Crippen molar-refractivity contribution in [2.75, 3.05) is 13.1 Å². The molecular weight excluding hydrogens is 294 g/mol. The van der Waals surface area contributed by atoms with Crippen molar-refractivity contribution in [2.45, 2.75) is 39.2 Å². The van der Waals surface area contributed by atoms with E-state index in [2.05, 4.69) is 4.98 Å². The number of amides is 1. The van der Waals surface area contributed by atoms with Gasteiger partial charge in [0, 0.05) is 25.2 Å². The van der Waals surface area contributed by atoms with E-state index < -0.39 is 11.1 Å². The van der Waals surface area contributed by atoms with E-state index in [-0.39, 0.29) is 5.91 Å². The van der Waals surface area contributed by atoms with Gasteiger partial charge in [-0.3, -0.25) is 14.4 Å². The topological polar surface area (TPSA) is 75.2 Å². The third-order valence-electron chi connectivity index (χ3n) is 4.43. The highest BCUT2D eigenvalue weighted by Gasteiger charge is 2.18. The number of carbonyl (C=O) groups excluding carboxylic acids is 1. The van der Waals surface area contributed by atoms with Gasteiger partial charge >= 0.3 is 11.1 Å². The van der Waals surface area contributed by atoms with Gasteiger partial charge in [-0.05, 0) is 38.0 Å². The lowest BCUT2D eigenvalue weighted by Gasteiger charge is -2.20. The smallest absolute Gasteiger partial charge is 0.316 e. The molecular formula is C17H21N3O3. The summed E-state index contributed by atoms with van der Waals surface area (Å²) in [6, 6.07) is 5.15. The van der Waals surface area contributed by atoms with Gasteiger partial charge in [0.15, 0.2) is 0 Å². The van der Waals surface area contributed by atoms with Gasteiger partial charge in [-0.15, -0.1) is 0 Å². The molecule has 0 unspecified atom stereocenters. The molecule has 1 aliphatic heterocycles. The molecule has 2 heterocycles. The zero-order valence-corrected chi connectivity index (χ0v) is 13.3. The molecule has 1 aliphatic rings. The maximum absolute atomic E-state index is 12.7. The number of fused-ring (bicyclic) bond motifs is 1. The third-order valence-corrected chi connectivity index (χ3v) is 4.43. The van der Waals surface area contributed by atoms with Crippen molar-refractivity contribution in [3.8, 4) is 0 Å². The van der Waals surface area contributed by atoms with Crippen LogP contribution in [0.5, 0.6) is 0 Å². The highest BCUT2D eigenvalue weighted by atomic mass is 16.2. The normalized spacial score (nSPS) is 15.6. The van der Waals surface area contributed by atoms with Gasteiger partial charge in [0.25, 0.3) is 5.91 Å². The van der Waals surface area contributed by atoms with E-state index in [1.807, 2.05) is 11.8 Å². The number of carbonyl (C=O) groups is 1. The molecule has 0 saturated carbocycles. The number of aryl methyl sites for hydroxylation is 1. The summed E-state index contributed by atoms with van der Waals surface area (Å²) in [6.45, 7) is 3.79. The molecule has 0 atom stereocenters. The number of hydrogen-bond donors (Lipinski definition) is 1. The summed E-state index contributed by atoms with van der Waals surface area (Å²) >= 11 is 0. The van der Waals surface area contributed by atoms with Crippen LogP contribution in [-0.4, -0.2) is 33.4 Å². The van der Waals surface area contributed by atoms with Crippen LogP contribution < -0.4 is 11.1 Å². The number of benzene rings is 1. The zero-order valence-electron chi connectivity index (χ0n) is 13.3. The summed E-state index contributed by atoms with van der Waals surface area (Å²) in [6.07, 6.45) is 4.40. The van der Waals surface area contributed by atoms with Crippen molar-refractivity contribution in [2.24, 2.45) is 0 Å². The number of nitrogens with zero attached hydrogens (tertiary/aromatic N) is 2. The Morgan fingerprint density at radius 3 is 2.48 bits per heavy atom. The zero-order chi connectivity index (χ0) is 16.4. The van der Waals surface area contributed by atoms with E-state index in [0.29, 0.717) is 23.1 Å². The van der Waals surface area contributed by atoms with E-state index in [1.165, 1.54) is 4.57 Å². The van der Waals surface area contributed by atoms with Gasteiger partial charge in [0.05, 0.1) is 11.0 Å². The molecule has 1 saturated heterocycles. The second-order valence-electron chi connectivity index (χ2n) is 5.94. The minimum atomic E-state index is -0.654. The molecule has 2 aromatic rings. The highest BCUT2D eigenvalue weighted by molar-refractivity contribution is 5.97. The molecule has 1 amide bonds. The first kappa shape index (κ1) is 15.5. The van der Waals surface area contributed by atoms with Gasteiger partial charge in [-0.1, -0.05) is 12.8 Å². The summed E-state index contributed by atoms with van der Waals surface area (Å²) in [5, 5.41) is 0. The van der Waals surface area contributed by atoms with Crippen LogP contribution in [0.3, 0.4) is 0 Å². The SMILES string of the molecule is CCn1c(=O)c(=O)[nH]c2cc(C(=O)N3CCCCCC3)ccc21. The van der Waals surface area contributed by atoms with Crippen molar-refractivity contribution in [1.29, 1.82) is 0 Å². The molecule has 1 fully saturated rings. The van der Waals surface area contributed by atoms with E-state index in [0.717, 1.165) is 38.8 Å². The number of H-pyrrole nitrogens is 1. The Morgan fingerprint density at radius 2 is 1.83 bits per heavy atom. The summed E-state index contributed by atoms with van der Waals surface area (Å²) < 4.78 is 1.42. The molecule has 1 aromatic carbocycles. The monoisotopic (exact) mass is 315 g/mol. The minimum absolute atomic E-state index is 0.0103. The maximum Gasteiger partial charge on any atom is 0.316 e. The van der Waals surface area contributed by atoms with Crippen LogP contribution in [0, 0.1) is 0 Å². The predicted octanol–water partition coefficient (Wildman–Crippen LogP) is 1.73. The van der Waals surface area contributed by atoms with Crippen LogP contribution in [0.4, 0.5) is 0 Å². The molecule has 122 valence electrons. The molecule has 0 radical (unpaired) electrons. The lowest BCUT2D eigenvalue weighted by molar-refractivity contribution is 0.0762. The van der Waals surface area contributed by atoms with E-state index >= 15 is 0 Å². The molecule has 0 spiro atoms. The fourth-order valence-corrected chi connectivity index (χ4v) is 3.18. The molecule has 6 heteroatoms. The Morgan fingerprint density at radius 1 is 1.13 bits per heavy atom. The number of aromatic nitrogens is 2. The lowest BCUT2D eigenvalue weighted by atomic mass is 10.1. The Kier molecular flexibility index (Phi) is 4.32. The fourth-order valence-electron chi connectivity index (χ4n) is 3.18. The van der Waals surface area contributed by atoms with Gasteiger partial charge in [0.1, 0.15) is 0 Å². The van der Waals surface area contributed by atoms with Crippen LogP contribution in [0.1, 0.15) is 43.0 Å². The molecule has 23 heavy (non-hydrogen) atoms. The van der Waals surface area contributed by atoms with Gasteiger partial charge in [-0.2, -0.15) is 0 Å². The van der Waals surface area contributed by atoms with Crippen molar-refractivity contribution < 1.29 is 4.79 Å². The second-order valence-corrected chi connectivity index (χ2v) is 5.94. The summed E-state index contributed by atoms with van der Waals surface area (Å²) in [7, 11) is 0. The quantitative estimate of drug-likeness (QED) is 0.858. The van der Waals surface area contributed by atoms with Gasteiger partial charge in [0.2, 0.25) is 0 Å². The first-order valence-electron chi connectivity index (χ1n) is 8.18. The van der Waals surface area contributed by atoms with Crippen LogP contribution in [0.2, 0.25) is 0 Å². The van der Waals surface area contributed by atoms with Crippen molar-refractivity contribution in [3.63, 3.8) is 0 Å². The third kappa shape index (κ3) is 2.93. The summed E-state index contributed by atoms with van der Waals surface area (Å²) in [5.74, 6) is -0.0103. The molecule has 1 N–H and O–H groups in total. The Labute approximate surface area is 133 Å². The van der Waals surface area contributed by atoms with E-state index in [1.54, 1.807) is 18.2 Å². The predicted molar refractivity (Wildman–Crippen MR) is 88.9 cm³/mol. The summed E-state index contributed by atoms with van der Waals surface area (Å²) in [5.41, 5.74) is 0.503. The van der Waals surface area contributed by atoms with Crippen LogP contribution in [0.25, 0.3) is 11.0 Å². The Balaban J connectivity index is 2.03. The number of likely N-dealkylation sites (tertiary alicyclic amines) is 1. The summed E-state index contributed by atoms with van der Waals surface area (Å²) in [4.78, 5) is 40.7. The van der Waals surface area contributed by atoms with Crippen molar-refractivity contribution >= 4 is 16.9 Å². The molecule has 0 bridgehead atoms.